The summed E-state index contributed by atoms with van der Waals surface area (Å²) in [5.41, 5.74) is -1.15. The molecule has 27 heavy (non-hydrogen) atoms. The molecule has 3 fully saturated rings. The summed E-state index contributed by atoms with van der Waals surface area (Å²) in [5, 5.41) is 10.6. The zero-order valence-electron chi connectivity index (χ0n) is 15.2. The van der Waals surface area contributed by atoms with Crippen molar-refractivity contribution in [2.45, 2.75) is 44.0 Å². The lowest BCUT2D eigenvalue weighted by atomic mass is 9.77. The van der Waals surface area contributed by atoms with Crippen LogP contribution in [-0.2, 0) is 6.18 Å². The molecule has 0 bridgehead atoms. The second-order valence-corrected chi connectivity index (χ2v) is 8.12. The third-order valence-corrected chi connectivity index (χ3v) is 6.47. The molecule has 1 saturated carbocycles. The Bertz CT molecular complexity index is 703. The van der Waals surface area contributed by atoms with Crippen molar-refractivity contribution in [1.82, 2.24) is 9.80 Å². The van der Waals surface area contributed by atoms with Gasteiger partial charge in [0.25, 0.3) is 5.91 Å². The van der Waals surface area contributed by atoms with Crippen molar-refractivity contribution in [3.05, 3.63) is 35.4 Å². The average Bonchev–Trinajstić information content (AvgIpc) is 3.29. The number of carbonyl (C=O) groups is 1. The summed E-state index contributed by atoms with van der Waals surface area (Å²) in [7, 11) is 0. The normalized spacial score (nSPS) is 31.9. The lowest BCUT2D eigenvalue weighted by molar-refractivity contribution is -0.138. The van der Waals surface area contributed by atoms with Gasteiger partial charge in [-0.2, -0.15) is 13.2 Å². The van der Waals surface area contributed by atoms with Crippen LogP contribution in [-0.4, -0.2) is 59.1 Å². The number of carbonyl (C=O) groups excluding carboxylic acids is 1. The van der Waals surface area contributed by atoms with Gasteiger partial charge in [0.15, 0.2) is 0 Å². The summed E-state index contributed by atoms with van der Waals surface area (Å²) in [4.78, 5) is 16.7. The van der Waals surface area contributed by atoms with Gasteiger partial charge in [-0.15, -0.1) is 0 Å². The van der Waals surface area contributed by atoms with E-state index in [4.69, 9.17) is 0 Å². The highest BCUT2D eigenvalue weighted by Crippen LogP contribution is 2.40. The monoisotopic (exact) mass is 382 g/mol. The van der Waals surface area contributed by atoms with Crippen LogP contribution in [0.2, 0.25) is 0 Å². The topological polar surface area (TPSA) is 43.8 Å². The zero-order chi connectivity index (χ0) is 19.2. The van der Waals surface area contributed by atoms with E-state index in [-0.39, 0.29) is 23.4 Å². The highest BCUT2D eigenvalue weighted by Gasteiger charge is 2.46. The van der Waals surface area contributed by atoms with E-state index in [2.05, 4.69) is 4.90 Å². The van der Waals surface area contributed by atoms with Crippen molar-refractivity contribution in [2.75, 3.05) is 26.2 Å². The summed E-state index contributed by atoms with van der Waals surface area (Å²) in [6.45, 7) is 2.91. The first kappa shape index (κ1) is 18.7. The Morgan fingerprint density at radius 2 is 1.67 bits per heavy atom. The molecule has 1 amide bonds. The third-order valence-electron chi connectivity index (χ3n) is 6.47. The van der Waals surface area contributed by atoms with Crippen molar-refractivity contribution in [2.24, 2.45) is 11.8 Å². The van der Waals surface area contributed by atoms with Gasteiger partial charge in [-0.1, -0.05) is 12.1 Å². The number of nitrogens with zero attached hydrogens (tertiary/aromatic N) is 2. The van der Waals surface area contributed by atoms with Gasteiger partial charge in [-0.3, -0.25) is 9.69 Å². The van der Waals surface area contributed by atoms with Crippen molar-refractivity contribution in [3.8, 4) is 0 Å². The Morgan fingerprint density at radius 1 is 1.04 bits per heavy atom. The molecule has 2 saturated heterocycles. The Balaban J connectivity index is 1.49. The van der Waals surface area contributed by atoms with Crippen LogP contribution in [0.5, 0.6) is 0 Å². The van der Waals surface area contributed by atoms with Gasteiger partial charge in [0, 0.05) is 19.1 Å². The fourth-order valence-corrected chi connectivity index (χ4v) is 5.13. The molecule has 1 aliphatic carbocycles. The number of fused-ring (bicyclic) bond motifs is 1. The number of hydrogen-bond donors (Lipinski definition) is 1. The van der Waals surface area contributed by atoms with Crippen LogP contribution in [0.25, 0.3) is 0 Å². The second-order valence-electron chi connectivity index (χ2n) is 8.12. The van der Waals surface area contributed by atoms with E-state index in [0.717, 1.165) is 38.4 Å². The second kappa shape index (κ2) is 7.09. The molecule has 1 aromatic rings. The first-order valence-corrected chi connectivity index (χ1v) is 9.72. The van der Waals surface area contributed by atoms with Crippen molar-refractivity contribution < 1.29 is 23.1 Å². The van der Waals surface area contributed by atoms with E-state index in [1.807, 2.05) is 0 Å². The molecular formula is C20H25F3N2O2. The molecule has 7 heteroatoms. The van der Waals surface area contributed by atoms with Crippen LogP contribution in [0.3, 0.4) is 0 Å². The van der Waals surface area contributed by atoms with E-state index in [0.29, 0.717) is 19.5 Å². The molecule has 1 N–H and O–H groups in total. The minimum Gasteiger partial charge on any atom is -0.391 e. The van der Waals surface area contributed by atoms with Crippen molar-refractivity contribution >= 4 is 5.91 Å². The van der Waals surface area contributed by atoms with Crippen LogP contribution in [0.4, 0.5) is 13.2 Å². The number of rotatable bonds is 2. The molecular weight excluding hydrogens is 357 g/mol. The highest BCUT2D eigenvalue weighted by atomic mass is 19.4. The summed E-state index contributed by atoms with van der Waals surface area (Å²) >= 11 is 0. The first-order valence-electron chi connectivity index (χ1n) is 9.72. The highest BCUT2D eigenvalue weighted by molar-refractivity contribution is 5.96. The molecule has 1 aromatic carbocycles. The number of hydrogen-bond acceptors (Lipinski definition) is 3. The van der Waals surface area contributed by atoms with Gasteiger partial charge in [-0.05, 0) is 62.7 Å². The fourth-order valence-electron chi connectivity index (χ4n) is 5.13. The Hall–Kier alpha value is -1.60. The molecule has 2 aliphatic heterocycles. The number of aliphatic hydroxyl groups excluding tert-OH is 1. The number of halogens is 3. The molecule has 2 heterocycles. The Morgan fingerprint density at radius 3 is 2.33 bits per heavy atom. The van der Waals surface area contributed by atoms with Gasteiger partial charge in [0.1, 0.15) is 0 Å². The quantitative estimate of drug-likeness (QED) is 0.855. The van der Waals surface area contributed by atoms with Crippen LogP contribution in [0.15, 0.2) is 24.3 Å². The predicted octanol–water partition coefficient (Wildman–Crippen LogP) is 3.01. The van der Waals surface area contributed by atoms with E-state index in [9.17, 15) is 23.1 Å². The Labute approximate surface area is 156 Å². The summed E-state index contributed by atoms with van der Waals surface area (Å²) in [6.07, 6.45) is -1.23. The maximum absolute atomic E-state index is 13.3. The molecule has 148 valence electrons. The molecule has 3 aliphatic rings. The molecule has 0 aromatic heterocycles. The lowest BCUT2D eigenvalue weighted by Crippen LogP contribution is -2.48. The van der Waals surface area contributed by atoms with E-state index < -0.39 is 23.8 Å². The zero-order valence-corrected chi connectivity index (χ0v) is 15.2. The lowest BCUT2D eigenvalue weighted by Gasteiger charge is -2.40. The van der Waals surface area contributed by atoms with E-state index >= 15 is 0 Å². The summed E-state index contributed by atoms with van der Waals surface area (Å²) < 4.78 is 39.8. The van der Waals surface area contributed by atoms with Crippen molar-refractivity contribution in [1.29, 1.82) is 0 Å². The predicted molar refractivity (Wildman–Crippen MR) is 94.2 cm³/mol. The summed E-state index contributed by atoms with van der Waals surface area (Å²) in [5.74, 6) is -0.133. The van der Waals surface area contributed by atoms with Gasteiger partial charge in [0.05, 0.1) is 17.2 Å². The number of aliphatic hydroxyl groups is 1. The van der Waals surface area contributed by atoms with Gasteiger partial charge in [0.2, 0.25) is 0 Å². The molecule has 4 nitrogen and oxygen atoms in total. The van der Waals surface area contributed by atoms with Crippen LogP contribution in [0.1, 0.15) is 41.6 Å². The standard InChI is InChI=1S/C20H25F3N2O2/c21-20(22,23)16-6-2-1-5-15(16)19(27)25-11-13-9-17(24-7-3-4-8-24)18(26)10-14(13)12-25/h1-2,5-6,13-14,17-18,26H,3-4,7-12H2/t13-,14+,17-,18-/m1/s1. The first-order chi connectivity index (χ1) is 12.8. The number of benzene rings is 1. The smallest absolute Gasteiger partial charge is 0.391 e. The van der Waals surface area contributed by atoms with Gasteiger partial charge < -0.3 is 10.0 Å². The number of alkyl halides is 3. The number of amides is 1. The van der Waals surface area contributed by atoms with Crippen LogP contribution in [0, 0.1) is 11.8 Å². The maximum atomic E-state index is 13.3. The number of likely N-dealkylation sites (tertiary alicyclic amines) is 2. The molecule has 4 rings (SSSR count). The molecule has 4 atom stereocenters. The maximum Gasteiger partial charge on any atom is 0.417 e. The minimum absolute atomic E-state index is 0.117. The molecule has 0 unspecified atom stereocenters. The SMILES string of the molecule is O=C(c1ccccc1C(F)(F)F)N1C[C@H]2C[C@@H](N3CCCC3)[C@H](O)C[C@H]2C1. The fraction of sp³-hybridized carbons (Fsp3) is 0.650. The molecule has 0 spiro atoms. The van der Waals surface area contributed by atoms with Crippen LogP contribution < -0.4 is 0 Å². The minimum atomic E-state index is -4.55. The van der Waals surface area contributed by atoms with Crippen molar-refractivity contribution in [3.63, 3.8) is 0 Å². The van der Waals surface area contributed by atoms with Crippen LogP contribution >= 0.6 is 0 Å². The summed E-state index contributed by atoms with van der Waals surface area (Å²) in [6, 6.07) is 5.11. The van der Waals surface area contributed by atoms with Gasteiger partial charge >= 0.3 is 6.18 Å². The third kappa shape index (κ3) is 3.59. The average molecular weight is 382 g/mol. The largest absolute Gasteiger partial charge is 0.417 e. The van der Waals surface area contributed by atoms with E-state index in [1.54, 1.807) is 4.90 Å². The Kier molecular flexibility index (Phi) is 4.93. The van der Waals surface area contributed by atoms with E-state index in [1.165, 1.54) is 18.2 Å². The van der Waals surface area contributed by atoms with Gasteiger partial charge in [-0.25, -0.2) is 0 Å². The molecule has 0 radical (unpaired) electrons.